The molecule has 160 valence electrons. The Bertz CT molecular complexity index is 739. The minimum Gasteiger partial charge on any atom is -0.396 e. The van der Waals surface area contributed by atoms with E-state index < -0.39 is 0 Å². The highest BCUT2D eigenvalue weighted by Crippen LogP contribution is 2.38. The van der Waals surface area contributed by atoms with Crippen LogP contribution in [0.25, 0.3) is 11.3 Å². The van der Waals surface area contributed by atoms with Crippen molar-refractivity contribution in [2.45, 2.75) is 52.0 Å². The van der Waals surface area contributed by atoms with E-state index in [0.29, 0.717) is 6.54 Å². The summed E-state index contributed by atoms with van der Waals surface area (Å²) in [6.07, 6.45) is 7.08. The summed E-state index contributed by atoms with van der Waals surface area (Å²) in [5.74, 6) is 0.835. The highest BCUT2D eigenvalue weighted by Gasteiger charge is 2.31. The van der Waals surface area contributed by atoms with Gasteiger partial charge < -0.3 is 15.7 Å². The minimum atomic E-state index is 0. The third-order valence-electron chi connectivity index (χ3n) is 5.53. The van der Waals surface area contributed by atoms with Gasteiger partial charge in [0.05, 0.1) is 12.2 Å². The zero-order valence-corrected chi connectivity index (χ0v) is 20.3. The Morgan fingerprint density at radius 3 is 2.62 bits per heavy atom. The lowest BCUT2D eigenvalue weighted by Gasteiger charge is -2.37. The number of thiazole rings is 1. The van der Waals surface area contributed by atoms with Gasteiger partial charge >= 0.3 is 0 Å². The van der Waals surface area contributed by atoms with Crippen LogP contribution < -0.4 is 10.6 Å². The zero-order chi connectivity index (χ0) is 19.7. The Morgan fingerprint density at radius 1 is 1.17 bits per heavy atom. The smallest absolute Gasteiger partial charge is 0.191 e. The molecule has 0 unspecified atom stereocenters. The van der Waals surface area contributed by atoms with Gasteiger partial charge in [0.1, 0.15) is 5.01 Å². The van der Waals surface area contributed by atoms with Crippen LogP contribution in [0.4, 0.5) is 0 Å². The molecule has 1 fully saturated rings. The highest BCUT2D eigenvalue weighted by molar-refractivity contribution is 14.0. The average Bonchev–Trinajstić information content (AvgIpc) is 3.21. The molecular weight excluding hydrogens is 495 g/mol. The maximum Gasteiger partial charge on any atom is 0.191 e. The van der Waals surface area contributed by atoms with Crippen molar-refractivity contribution in [3.05, 3.63) is 40.7 Å². The first-order valence-corrected chi connectivity index (χ1v) is 11.3. The van der Waals surface area contributed by atoms with Crippen molar-refractivity contribution >= 4 is 41.3 Å². The maximum atomic E-state index is 9.52. The van der Waals surface area contributed by atoms with E-state index in [1.807, 2.05) is 18.2 Å². The van der Waals surface area contributed by atoms with Crippen molar-refractivity contribution in [2.24, 2.45) is 10.4 Å². The molecule has 1 aromatic carbocycles. The van der Waals surface area contributed by atoms with Gasteiger partial charge in [-0.05, 0) is 31.6 Å². The van der Waals surface area contributed by atoms with E-state index in [2.05, 4.69) is 35.1 Å². The predicted molar refractivity (Wildman–Crippen MR) is 133 cm³/mol. The third-order valence-corrected chi connectivity index (χ3v) is 6.36. The Labute approximate surface area is 195 Å². The van der Waals surface area contributed by atoms with Crippen molar-refractivity contribution in [1.82, 2.24) is 15.6 Å². The number of nitrogens with zero attached hydrogens (tertiary/aromatic N) is 2. The van der Waals surface area contributed by atoms with Crippen molar-refractivity contribution in [3.63, 3.8) is 0 Å². The van der Waals surface area contributed by atoms with Crippen molar-refractivity contribution in [2.75, 3.05) is 19.7 Å². The van der Waals surface area contributed by atoms with Crippen LogP contribution in [0.3, 0.4) is 0 Å². The molecule has 5 nitrogen and oxygen atoms in total. The van der Waals surface area contributed by atoms with E-state index in [9.17, 15) is 5.11 Å². The number of aliphatic imine (C=N–C) groups is 1. The topological polar surface area (TPSA) is 69.5 Å². The van der Waals surface area contributed by atoms with Gasteiger partial charge in [-0.1, -0.05) is 49.6 Å². The fraction of sp³-hybridized carbons (Fsp3) is 0.545. The number of hydrogen-bond acceptors (Lipinski definition) is 4. The average molecular weight is 529 g/mol. The van der Waals surface area contributed by atoms with E-state index >= 15 is 0 Å². The lowest BCUT2D eigenvalue weighted by Crippen LogP contribution is -2.44. The third kappa shape index (κ3) is 7.22. The van der Waals surface area contributed by atoms with Crippen LogP contribution in [-0.4, -0.2) is 35.7 Å². The molecule has 1 saturated carbocycles. The van der Waals surface area contributed by atoms with Crippen molar-refractivity contribution < 1.29 is 5.11 Å². The monoisotopic (exact) mass is 528 g/mol. The summed E-state index contributed by atoms with van der Waals surface area (Å²) < 4.78 is 0. The number of halogens is 1. The van der Waals surface area contributed by atoms with Gasteiger partial charge in [0.25, 0.3) is 0 Å². The summed E-state index contributed by atoms with van der Waals surface area (Å²) >= 11 is 1.65. The highest BCUT2D eigenvalue weighted by atomic mass is 127. The van der Waals surface area contributed by atoms with Crippen molar-refractivity contribution in [1.29, 1.82) is 0 Å². The molecule has 1 aromatic heterocycles. The molecule has 0 spiro atoms. The Balaban J connectivity index is 0.00000300. The molecular formula is C22H33IN4OS. The number of nitrogens with one attached hydrogen (secondary N) is 2. The molecule has 3 rings (SSSR count). The number of aliphatic hydroxyl groups excluding tert-OH is 1. The molecule has 0 saturated heterocycles. The van der Waals surface area contributed by atoms with Crippen LogP contribution in [0.5, 0.6) is 0 Å². The fourth-order valence-electron chi connectivity index (χ4n) is 3.94. The quantitative estimate of drug-likeness (QED) is 0.261. The standard InChI is InChI=1S/C22H32N4OS.HI/c1-2-23-21(25-17-22(13-14-27)11-7-4-8-12-22)24-15-20-26-19(16-28-20)18-9-5-3-6-10-18;/h3,5-6,9-10,16,27H,2,4,7-8,11-15,17H2,1H3,(H2,23,24,25);1H. The molecule has 0 amide bonds. The molecule has 0 radical (unpaired) electrons. The zero-order valence-electron chi connectivity index (χ0n) is 17.2. The van der Waals surface area contributed by atoms with Gasteiger partial charge in [-0.2, -0.15) is 0 Å². The van der Waals surface area contributed by atoms with Gasteiger partial charge in [-0.15, -0.1) is 35.3 Å². The van der Waals surface area contributed by atoms with Crippen LogP contribution in [-0.2, 0) is 6.54 Å². The lowest BCUT2D eigenvalue weighted by molar-refractivity contribution is 0.131. The molecule has 7 heteroatoms. The maximum absolute atomic E-state index is 9.52. The summed E-state index contributed by atoms with van der Waals surface area (Å²) in [4.78, 5) is 9.47. The van der Waals surface area contributed by atoms with Crippen LogP contribution in [0, 0.1) is 5.41 Å². The molecule has 0 aliphatic heterocycles. The number of aliphatic hydroxyl groups is 1. The summed E-state index contributed by atoms with van der Waals surface area (Å²) in [5, 5.41) is 19.5. The molecule has 0 atom stereocenters. The summed E-state index contributed by atoms with van der Waals surface area (Å²) in [7, 11) is 0. The van der Waals surface area contributed by atoms with Gasteiger partial charge in [0.2, 0.25) is 0 Å². The first kappa shape index (κ1) is 24.1. The second-order valence-corrected chi connectivity index (χ2v) is 8.52. The van der Waals surface area contributed by atoms with Gasteiger partial charge in [0.15, 0.2) is 5.96 Å². The van der Waals surface area contributed by atoms with E-state index in [1.165, 1.54) is 32.1 Å². The van der Waals surface area contributed by atoms with Crippen LogP contribution in [0.1, 0.15) is 50.5 Å². The molecule has 1 aliphatic carbocycles. The number of aromatic nitrogens is 1. The first-order valence-electron chi connectivity index (χ1n) is 10.4. The van der Waals surface area contributed by atoms with Crippen LogP contribution in [0.2, 0.25) is 0 Å². The normalized spacial score (nSPS) is 16.1. The number of rotatable bonds is 8. The summed E-state index contributed by atoms with van der Waals surface area (Å²) in [6.45, 7) is 4.60. The number of guanidine groups is 1. The van der Waals surface area contributed by atoms with E-state index in [-0.39, 0.29) is 36.0 Å². The largest absolute Gasteiger partial charge is 0.396 e. The SMILES string of the molecule is CCNC(=NCc1nc(-c2ccccc2)cs1)NCC1(CCO)CCCCC1.I. The molecule has 1 aliphatic rings. The second-order valence-electron chi connectivity index (χ2n) is 7.58. The van der Waals surface area contributed by atoms with E-state index in [0.717, 1.165) is 41.7 Å². The number of hydrogen-bond donors (Lipinski definition) is 3. The molecule has 2 aromatic rings. The second kappa shape index (κ2) is 12.5. The van der Waals surface area contributed by atoms with Gasteiger partial charge in [-0.3, -0.25) is 0 Å². The Hall–Kier alpha value is -1.19. The van der Waals surface area contributed by atoms with E-state index in [4.69, 9.17) is 9.98 Å². The Kier molecular flexibility index (Phi) is 10.4. The predicted octanol–water partition coefficient (Wildman–Crippen LogP) is 4.82. The van der Waals surface area contributed by atoms with Gasteiger partial charge in [0, 0.05) is 30.6 Å². The Morgan fingerprint density at radius 2 is 1.93 bits per heavy atom. The minimum absolute atomic E-state index is 0. The molecule has 1 heterocycles. The van der Waals surface area contributed by atoms with E-state index in [1.54, 1.807) is 11.3 Å². The first-order chi connectivity index (χ1) is 13.7. The fourth-order valence-corrected chi connectivity index (χ4v) is 4.67. The molecule has 3 N–H and O–H groups in total. The van der Waals surface area contributed by atoms with Crippen LogP contribution in [0.15, 0.2) is 40.7 Å². The van der Waals surface area contributed by atoms with Crippen molar-refractivity contribution in [3.8, 4) is 11.3 Å². The molecule has 0 bridgehead atoms. The summed E-state index contributed by atoms with van der Waals surface area (Å²) in [5.41, 5.74) is 2.35. The van der Waals surface area contributed by atoms with Gasteiger partial charge in [-0.25, -0.2) is 9.98 Å². The summed E-state index contributed by atoms with van der Waals surface area (Å²) in [6, 6.07) is 10.3. The molecule has 29 heavy (non-hydrogen) atoms. The van der Waals surface area contributed by atoms with Crippen LogP contribution >= 0.6 is 35.3 Å². The lowest BCUT2D eigenvalue weighted by atomic mass is 9.72. The number of benzene rings is 1.